The van der Waals surface area contributed by atoms with Crippen LogP contribution in [0.5, 0.6) is 0 Å². The van der Waals surface area contributed by atoms with E-state index in [4.69, 9.17) is 5.11 Å². The molecule has 0 bridgehead atoms. The Balaban J connectivity index is 2.59. The maximum absolute atomic E-state index is 10.9. The summed E-state index contributed by atoms with van der Waals surface area (Å²) >= 11 is 0. The van der Waals surface area contributed by atoms with Crippen LogP contribution >= 0.6 is 0 Å². The Morgan fingerprint density at radius 3 is 2.92 bits per heavy atom. The van der Waals surface area contributed by atoms with Gasteiger partial charge in [0.05, 0.1) is 5.92 Å². The van der Waals surface area contributed by atoms with Crippen molar-refractivity contribution in [2.24, 2.45) is 5.92 Å². The van der Waals surface area contributed by atoms with Crippen LogP contribution < -0.4 is 5.32 Å². The van der Waals surface area contributed by atoms with Crippen LogP contribution in [0.15, 0.2) is 0 Å². The standard InChI is InChI=1S/C8H13NO3/c1-2-3-6-5(8(11)12)4-7(10)9-6/h5-6H,2-4H2,1H3,(H,9,10)(H,11,12). The zero-order valence-electron chi connectivity index (χ0n) is 7.04. The Morgan fingerprint density at radius 2 is 2.42 bits per heavy atom. The van der Waals surface area contributed by atoms with E-state index in [0.29, 0.717) is 0 Å². The summed E-state index contributed by atoms with van der Waals surface area (Å²) in [5, 5.41) is 11.4. The number of carbonyl (C=O) groups is 2. The molecule has 2 unspecified atom stereocenters. The quantitative estimate of drug-likeness (QED) is 0.645. The number of aliphatic carboxylic acids is 1. The fraction of sp³-hybridized carbons (Fsp3) is 0.750. The minimum atomic E-state index is -0.869. The van der Waals surface area contributed by atoms with E-state index in [2.05, 4.69) is 5.32 Å². The van der Waals surface area contributed by atoms with Gasteiger partial charge < -0.3 is 10.4 Å². The van der Waals surface area contributed by atoms with Crippen LogP contribution in [0.25, 0.3) is 0 Å². The second kappa shape index (κ2) is 3.56. The van der Waals surface area contributed by atoms with Gasteiger partial charge in [-0.3, -0.25) is 9.59 Å². The Bertz CT molecular complexity index is 202. The molecule has 2 N–H and O–H groups in total. The summed E-state index contributed by atoms with van der Waals surface area (Å²) in [6, 6.07) is -0.153. The Kier molecular flexibility index (Phi) is 2.68. The summed E-state index contributed by atoms with van der Waals surface area (Å²) < 4.78 is 0. The van der Waals surface area contributed by atoms with E-state index in [1.54, 1.807) is 0 Å². The highest BCUT2D eigenvalue weighted by molar-refractivity contribution is 5.86. The Morgan fingerprint density at radius 1 is 1.75 bits per heavy atom. The molecule has 1 aliphatic rings. The number of nitrogens with one attached hydrogen (secondary N) is 1. The molecule has 0 aromatic rings. The number of hydrogen-bond acceptors (Lipinski definition) is 2. The first-order valence-electron chi connectivity index (χ1n) is 4.17. The van der Waals surface area contributed by atoms with Gasteiger partial charge in [0, 0.05) is 12.5 Å². The first kappa shape index (κ1) is 9.03. The molecular weight excluding hydrogens is 158 g/mol. The average Bonchev–Trinajstić information content (AvgIpc) is 2.32. The summed E-state index contributed by atoms with van der Waals surface area (Å²) in [5.74, 6) is -1.52. The van der Waals surface area contributed by atoms with Crippen molar-refractivity contribution in [3.63, 3.8) is 0 Å². The lowest BCUT2D eigenvalue weighted by molar-refractivity contribution is -0.142. The van der Waals surface area contributed by atoms with Crippen molar-refractivity contribution in [3.05, 3.63) is 0 Å². The topological polar surface area (TPSA) is 66.4 Å². The molecule has 12 heavy (non-hydrogen) atoms. The molecule has 1 fully saturated rings. The van der Waals surface area contributed by atoms with Crippen LogP contribution in [0.1, 0.15) is 26.2 Å². The van der Waals surface area contributed by atoms with Crippen LogP contribution in [-0.4, -0.2) is 23.0 Å². The van der Waals surface area contributed by atoms with Gasteiger partial charge in [0.25, 0.3) is 0 Å². The maximum atomic E-state index is 10.9. The monoisotopic (exact) mass is 171 g/mol. The van der Waals surface area contributed by atoms with Crippen molar-refractivity contribution in [1.82, 2.24) is 5.32 Å². The van der Waals surface area contributed by atoms with E-state index < -0.39 is 11.9 Å². The first-order valence-corrected chi connectivity index (χ1v) is 4.17. The smallest absolute Gasteiger partial charge is 0.309 e. The van der Waals surface area contributed by atoms with Crippen LogP contribution in [0.3, 0.4) is 0 Å². The lowest BCUT2D eigenvalue weighted by Crippen LogP contribution is -2.32. The van der Waals surface area contributed by atoms with E-state index in [9.17, 15) is 9.59 Å². The largest absolute Gasteiger partial charge is 0.481 e. The number of hydrogen-bond donors (Lipinski definition) is 2. The third-order valence-corrected chi connectivity index (χ3v) is 2.15. The van der Waals surface area contributed by atoms with Crippen LogP contribution in [0, 0.1) is 5.92 Å². The zero-order valence-corrected chi connectivity index (χ0v) is 7.04. The van der Waals surface area contributed by atoms with Crippen LogP contribution in [0.2, 0.25) is 0 Å². The summed E-state index contributed by atoms with van der Waals surface area (Å²) in [6.07, 6.45) is 1.79. The van der Waals surface area contributed by atoms with E-state index in [1.807, 2.05) is 6.92 Å². The minimum absolute atomic E-state index is 0.138. The lowest BCUT2D eigenvalue weighted by atomic mass is 9.97. The summed E-state index contributed by atoms with van der Waals surface area (Å²) in [6.45, 7) is 1.98. The molecule has 0 aliphatic carbocycles. The van der Waals surface area contributed by atoms with Gasteiger partial charge in [0.2, 0.25) is 5.91 Å². The molecule has 1 rings (SSSR count). The molecule has 1 aliphatic heterocycles. The average molecular weight is 171 g/mol. The van der Waals surface area contributed by atoms with Gasteiger partial charge in [0.15, 0.2) is 0 Å². The fourth-order valence-corrected chi connectivity index (χ4v) is 1.55. The van der Waals surface area contributed by atoms with Crippen molar-refractivity contribution >= 4 is 11.9 Å². The van der Waals surface area contributed by atoms with Crippen molar-refractivity contribution in [3.8, 4) is 0 Å². The number of amides is 1. The maximum Gasteiger partial charge on any atom is 0.309 e. The van der Waals surface area contributed by atoms with Crippen LogP contribution in [0.4, 0.5) is 0 Å². The highest BCUT2D eigenvalue weighted by Crippen LogP contribution is 2.20. The predicted molar refractivity (Wildman–Crippen MR) is 42.6 cm³/mol. The molecule has 0 aromatic carbocycles. The molecule has 68 valence electrons. The van der Waals surface area contributed by atoms with Gasteiger partial charge >= 0.3 is 5.97 Å². The van der Waals surface area contributed by atoms with Gasteiger partial charge in [-0.25, -0.2) is 0 Å². The van der Waals surface area contributed by atoms with E-state index in [0.717, 1.165) is 12.8 Å². The molecule has 0 spiro atoms. The van der Waals surface area contributed by atoms with Gasteiger partial charge in [-0.2, -0.15) is 0 Å². The fourth-order valence-electron chi connectivity index (χ4n) is 1.55. The molecule has 0 saturated carbocycles. The van der Waals surface area contributed by atoms with Gasteiger partial charge in [-0.1, -0.05) is 13.3 Å². The van der Waals surface area contributed by atoms with E-state index in [-0.39, 0.29) is 18.4 Å². The lowest BCUT2D eigenvalue weighted by Gasteiger charge is -2.13. The molecule has 2 atom stereocenters. The minimum Gasteiger partial charge on any atom is -0.481 e. The summed E-state index contributed by atoms with van der Waals surface area (Å²) in [5.41, 5.74) is 0. The highest BCUT2D eigenvalue weighted by Gasteiger charge is 2.36. The third-order valence-electron chi connectivity index (χ3n) is 2.15. The van der Waals surface area contributed by atoms with Gasteiger partial charge in [0.1, 0.15) is 0 Å². The number of carboxylic acid groups (broad SMARTS) is 1. The Hall–Kier alpha value is -1.06. The van der Waals surface area contributed by atoms with E-state index in [1.165, 1.54) is 0 Å². The zero-order chi connectivity index (χ0) is 9.14. The molecule has 4 nitrogen and oxygen atoms in total. The molecule has 1 saturated heterocycles. The first-order chi connectivity index (χ1) is 5.65. The number of carboxylic acids is 1. The molecular formula is C8H13NO3. The summed E-state index contributed by atoms with van der Waals surface area (Å²) in [4.78, 5) is 21.5. The van der Waals surface area contributed by atoms with Crippen molar-refractivity contribution in [2.75, 3.05) is 0 Å². The van der Waals surface area contributed by atoms with Crippen molar-refractivity contribution in [2.45, 2.75) is 32.2 Å². The SMILES string of the molecule is CCCC1NC(=O)CC1C(=O)O. The van der Waals surface area contributed by atoms with Crippen molar-refractivity contribution < 1.29 is 14.7 Å². The molecule has 0 radical (unpaired) electrons. The second-order valence-electron chi connectivity index (χ2n) is 3.11. The molecule has 1 heterocycles. The van der Waals surface area contributed by atoms with E-state index >= 15 is 0 Å². The predicted octanol–water partition coefficient (Wildman–Crippen LogP) is 0.376. The summed E-state index contributed by atoms with van der Waals surface area (Å²) in [7, 11) is 0. The molecule has 0 aromatic heterocycles. The number of rotatable bonds is 3. The van der Waals surface area contributed by atoms with Crippen molar-refractivity contribution in [1.29, 1.82) is 0 Å². The second-order valence-corrected chi connectivity index (χ2v) is 3.11. The molecule has 1 amide bonds. The molecule has 4 heteroatoms. The van der Waals surface area contributed by atoms with Crippen LogP contribution in [-0.2, 0) is 9.59 Å². The normalized spacial score (nSPS) is 28.6. The highest BCUT2D eigenvalue weighted by atomic mass is 16.4. The Labute approximate surface area is 71.0 Å². The third kappa shape index (κ3) is 1.75. The van der Waals surface area contributed by atoms with Gasteiger partial charge in [-0.05, 0) is 6.42 Å². The van der Waals surface area contributed by atoms with Gasteiger partial charge in [-0.15, -0.1) is 0 Å². The number of carbonyl (C=O) groups excluding carboxylic acids is 1.